The summed E-state index contributed by atoms with van der Waals surface area (Å²) >= 11 is 0. The molecule has 3 aromatic rings. The van der Waals surface area contributed by atoms with Gasteiger partial charge in [0.1, 0.15) is 12.4 Å². The van der Waals surface area contributed by atoms with Crippen LogP contribution in [0.3, 0.4) is 0 Å². The van der Waals surface area contributed by atoms with Gasteiger partial charge < -0.3 is 14.8 Å². The van der Waals surface area contributed by atoms with Gasteiger partial charge in [0.2, 0.25) is 0 Å². The number of nitrogens with one attached hydrogen (secondary N) is 1. The second-order valence-electron chi connectivity index (χ2n) is 7.10. The van der Waals surface area contributed by atoms with Gasteiger partial charge in [0.15, 0.2) is 0 Å². The standard InChI is InChI=1S/C22H20F3N3O3/c23-22(24,25)19-13-16(28-11-2-10-26-28)6-9-20(19)27-21(29)15-4-7-17(8-5-15)31-14-18-3-1-12-30-18/h2,4-11,13,18H,1,3,12,14H2,(H,27,29). The third-order valence-electron chi connectivity index (χ3n) is 4.90. The number of rotatable bonds is 6. The topological polar surface area (TPSA) is 65.4 Å². The maximum atomic E-state index is 13.6. The molecule has 0 aliphatic carbocycles. The molecule has 0 spiro atoms. The van der Waals surface area contributed by atoms with Crippen molar-refractivity contribution >= 4 is 11.6 Å². The van der Waals surface area contributed by atoms with Gasteiger partial charge in [-0.15, -0.1) is 0 Å². The summed E-state index contributed by atoms with van der Waals surface area (Å²) in [6.07, 6.45) is 0.379. The van der Waals surface area contributed by atoms with E-state index in [4.69, 9.17) is 9.47 Å². The average molecular weight is 431 g/mol. The number of nitrogens with zero attached hydrogens (tertiary/aromatic N) is 2. The molecule has 1 amide bonds. The summed E-state index contributed by atoms with van der Waals surface area (Å²) in [5, 5.41) is 6.29. The largest absolute Gasteiger partial charge is 0.491 e. The number of hydrogen-bond acceptors (Lipinski definition) is 4. The Balaban J connectivity index is 1.47. The van der Waals surface area contributed by atoms with Gasteiger partial charge in [-0.25, -0.2) is 4.68 Å². The van der Waals surface area contributed by atoms with Crippen LogP contribution in [0.2, 0.25) is 0 Å². The Morgan fingerprint density at radius 2 is 2.03 bits per heavy atom. The number of anilines is 1. The maximum absolute atomic E-state index is 13.6. The first kappa shape index (κ1) is 20.9. The minimum Gasteiger partial charge on any atom is -0.491 e. The van der Waals surface area contributed by atoms with Gasteiger partial charge in [0.05, 0.1) is 23.0 Å². The lowest BCUT2D eigenvalue weighted by molar-refractivity contribution is -0.136. The van der Waals surface area contributed by atoms with E-state index in [1.807, 2.05) is 0 Å². The van der Waals surface area contributed by atoms with Crippen molar-refractivity contribution in [3.8, 4) is 11.4 Å². The first-order valence-electron chi connectivity index (χ1n) is 9.77. The SMILES string of the molecule is O=C(Nc1ccc(-n2cccn2)cc1C(F)(F)F)c1ccc(OCC2CCCO2)cc1. The van der Waals surface area contributed by atoms with Gasteiger partial charge in [0, 0.05) is 24.6 Å². The lowest BCUT2D eigenvalue weighted by Gasteiger charge is -2.16. The number of carbonyl (C=O) groups is 1. The van der Waals surface area contributed by atoms with Crippen LogP contribution in [0, 0.1) is 0 Å². The molecule has 31 heavy (non-hydrogen) atoms. The quantitative estimate of drug-likeness (QED) is 0.615. The van der Waals surface area contributed by atoms with Crippen LogP contribution in [0.25, 0.3) is 5.69 Å². The van der Waals surface area contributed by atoms with Crippen molar-refractivity contribution < 1.29 is 27.4 Å². The molecule has 1 unspecified atom stereocenters. The molecule has 1 N–H and O–H groups in total. The van der Waals surface area contributed by atoms with Crippen LogP contribution in [-0.4, -0.2) is 35.0 Å². The van der Waals surface area contributed by atoms with Gasteiger partial charge in [-0.3, -0.25) is 4.79 Å². The summed E-state index contributed by atoms with van der Waals surface area (Å²) in [6, 6.07) is 11.5. The van der Waals surface area contributed by atoms with Crippen LogP contribution in [-0.2, 0) is 10.9 Å². The second kappa shape index (κ2) is 8.81. The lowest BCUT2D eigenvalue weighted by Crippen LogP contribution is -2.18. The average Bonchev–Trinajstić information content (AvgIpc) is 3.46. The third-order valence-corrected chi connectivity index (χ3v) is 4.90. The van der Waals surface area contributed by atoms with Crippen molar-refractivity contribution in [2.24, 2.45) is 0 Å². The van der Waals surface area contributed by atoms with Crippen LogP contribution < -0.4 is 10.1 Å². The van der Waals surface area contributed by atoms with E-state index < -0.39 is 17.6 Å². The van der Waals surface area contributed by atoms with Crippen molar-refractivity contribution in [2.75, 3.05) is 18.5 Å². The highest BCUT2D eigenvalue weighted by Gasteiger charge is 2.34. The van der Waals surface area contributed by atoms with E-state index in [1.54, 1.807) is 18.2 Å². The van der Waals surface area contributed by atoms with E-state index in [-0.39, 0.29) is 23.0 Å². The fourth-order valence-electron chi connectivity index (χ4n) is 3.30. The molecule has 1 fully saturated rings. The molecule has 1 saturated heterocycles. The molecular weight excluding hydrogens is 411 g/mol. The molecule has 1 aliphatic heterocycles. The van der Waals surface area contributed by atoms with Crippen LogP contribution in [0.4, 0.5) is 18.9 Å². The Labute approximate surface area is 176 Å². The third kappa shape index (κ3) is 5.05. The maximum Gasteiger partial charge on any atom is 0.418 e. The summed E-state index contributed by atoms with van der Waals surface area (Å²) < 4.78 is 53.2. The van der Waals surface area contributed by atoms with Gasteiger partial charge >= 0.3 is 6.18 Å². The Morgan fingerprint density at radius 3 is 2.68 bits per heavy atom. The van der Waals surface area contributed by atoms with Gasteiger partial charge in [-0.1, -0.05) is 0 Å². The molecule has 162 valence electrons. The van der Waals surface area contributed by atoms with E-state index >= 15 is 0 Å². The molecule has 0 bridgehead atoms. The normalized spacial score (nSPS) is 16.3. The van der Waals surface area contributed by atoms with Crippen molar-refractivity contribution in [1.29, 1.82) is 0 Å². The fourth-order valence-corrected chi connectivity index (χ4v) is 3.30. The Hall–Kier alpha value is -3.33. The number of carbonyl (C=O) groups excluding carboxylic acids is 1. The van der Waals surface area contributed by atoms with Gasteiger partial charge in [-0.05, 0) is 61.4 Å². The molecule has 2 aromatic carbocycles. The van der Waals surface area contributed by atoms with E-state index in [1.165, 1.54) is 41.3 Å². The first-order chi connectivity index (χ1) is 14.9. The minimum atomic E-state index is -4.65. The van der Waals surface area contributed by atoms with Crippen LogP contribution in [0.5, 0.6) is 5.75 Å². The summed E-state index contributed by atoms with van der Waals surface area (Å²) in [4.78, 5) is 12.5. The summed E-state index contributed by atoms with van der Waals surface area (Å²) in [6.45, 7) is 1.15. The second-order valence-corrected chi connectivity index (χ2v) is 7.10. The fraction of sp³-hybridized carbons (Fsp3) is 0.273. The van der Waals surface area contributed by atoms with Gasteiger partial charge in [-0.2, -0.15) is 18.3 Å². The number of amides is 1. The summed E-state index contributed by atoms with van der Waals surface area (Å²) in [5.74, 6) is -0.0883. The Bertz CT molecular complexity index is 1030. The number of alkyl halides is 3. The number of ether oxygens (including phenoxy) is 2. The van der Waals surface area contributed by atoms with E-state index in [9.17, 15) is 18.0 Å². The Kier molecular flexibility index (Phi) is 5.94. The molecule has 1 atom stereocenters. The van der Waals surface area contributed by atoms with Crippen LogP contribution in [0.1, 0.15) is 28.8 Å². The van der Waals surface area contributed by atoms with Gasteiger partial charge in [0.25, 0.3) is 5.91 Å². The number of benzene rings is 2. The zero-order valence-corrected chi connectivity index (χ0v) is 16.4. The monoisotopic (exact) mass is 431 g/mol. The zero-order valence-electron chi connectivity index (χ0n) is 16.4. The van der Waals surface area contributed by atoms with Crippen molar-refractivity contribution in [2.45, 2.75) is 25.1 Å². The lowest BCUT2D eigenvalue weighted by atomic mass is 10.1. The van der Waals surface area contributed by atoms with Crippen molar-refractivity contribution in [3.05, 3.63) is 72.1 Å². The molecule has 6 nitrogen and oxygen atoms in total. The molecule has 9 heteroatoms. The predicted molar refractivity (Wildman–Crippen MR) is 107 cm³/mol. The highest BCUT2D eigenvalue weighted by atomic mass is 19.4. The highest BCUT2D eigenvalue weighted by Crippen LogP contribution is 2.36. The number of aromatic nitrogens is 2. The number of hydrogen-bond donors (Lipinski definition) is 1. The Morgan fingerprint density at radius 1 is 1.23 bits per heavy atom. The minimum absolute atomic E-state index is 0.0634. The van der Waals surface area contributed by atoms with Crippen molar-refractivity contribution in [1.82, 2.24) is 9.78 Å². The molecule has 2 heterocycles. The molecule has 0 saturated carbocycles. The molecule has 0 radical (unpaired) electrons. The molecule has 1 aliphatic rings. The van der Waals surface area contributed by atoms with Crippen LogP contribution >= 0.6 is 0 Å². The predicted octanol–water partition coefficient (Wildman–Crippen LogP) is 4.70. The van der Waals surface area contributed by atoms with E-state index in [0.717, 1.165) is 25.5 Å². The molecular formula is C22H20F3N3O3. The summed E-state index contributed by atoms with van der Waals surface area (Å²) in [5.41, 5.74) is -0.825. The summed E-state index contributed by atoms with van der Waals surface area (Å²) in [7, 11) is 0. The van der Waals surface area contributed by atoms with E-state index in [2.05, 4.69) is 10.4 Å². The first-order valence-corrected chi connectivity index (χ1v) is 9.77. The highest BCUT2D eigenvalue weighted by molar-refractivity contribution is 6.04. The molecule has 1 aromatic heterocycles. The van der Waals surface area contributed by atoms with Crippen molar-refractivity contribution in [3.63, 3.8) is 0 Å². The van der Waals surface area contributed by atoms with E-state index in [0.29, 0.717) is 12.4 Å². The van der Waals surface area contributed by atoms with Crippen LogP contribution in [0.15, 0.2) is 60.9 Å². The zero-order chi connectivity index (χ0) is 21.8. The number of halogens is 3. The molecule has 4 rings (SSSR count). The smallest absolute Gasteiger partial charge is 0.418 e.